The molecule has 0 aliphatic carbocycles. The van der Waals surface area contributed by atoms with Crippen LogP contribution in [0.2, 0.25) is 10.0 Å². The first-order chi connectivity index (χ1) is 9.31. The summed E-state index contributed by atoms with van der Waals surface area (Å²) in [5, 5.41) is 10.8. The molecule has 20 heavy (non-hydrogen) atoms. The van der Waals surface area contributed by atoms with Gasteiger partial charge in [-0.3, -0.25) is 0 Å². The van der Waals surface area contributed by atoms with Crippen molar-refractivity contribution in [3.63, 3.8) is 0 Å². The zero-order valence-electron chi connectivity index (χ0n) is 11.3. The molecule has 1 unspecified atom stereocenters. The number of aliphatic hydroxyl groups is 1. The van der Waals surface area contributed by atoms with Crippen molar-refractivity contribution in [3.8, 4) is 0 Å². The Labute approximate surface area is 129 Å². The molecular formula is C12H18Cl2N2O3S. The van der Waals surface area contributed by atoms with Crippen LogP contribution >= 0.6 is 23.2 Å². The molecule has 0 bridgehead atoms. The lowest BCUT2D eigenvalue weighted by Gasteiger charge is -2.20. The largest absolute Gasteiger partial charge is 0.387 e. The Balaban J connectivity index is 2.74. The van der Waals surface area contributed by atoms with Crippen LogP contribution in [-0.2, 0) is 10.2 Å². The second-order valence-corrected chi connectivity index (χ2v) is 6.72. The molecule has 0 aliphatic heterocycles. The molecule has 1 rings (SSSR count). The maximum atomic E-state index is 11.9. The highest BCUT2D eigenvalue weighted by Gasteiger charge is 2.20. The highest BCUT2D eigenvalue weighted by atomic mass is 35.5. The summed E-state index contributed by atoms with van der Waals surface area (Å²) < 4.78 is 27.5. The van der Waals surface area contributed by atoms with Gasteiger partial charge in [-0.05, 0) is 12.1 Å². The van der Waals surface area contributed by atoms with Gasteiger partial charge < -0.3 is 5.11 Å². The Hall–Kier alpha value is -0.370. The topological polar surface area (TPSA) is 69.6 Å². The average molecular weight is 341 g/mol. The molecule has 2 N–H and O–H groups in total. The standard InChI is InChI=1S/C12H18Cl2N2O3S/c1-3-16(4-2)20(18,19)15-8-12(17)10-6-5-9(13)7-11(10)14/h5-7,12,15,17H,3-4,8H2,1-2H3. The first-order valence-electron chi connectivity index (χ1n) is 6.19. The van der Waals surface area contributed by atoms with Crippen molar-refractivity contribution >= 4 is 33.4 Å². The smallest absolute Gasteiger partial charge is 0.279 e. The molecule has 114 valence electrons. The van der Waals surface area contributed by atoms with E-state index >= 15 is 0 Å². The van der Waals surface area contributed by atoms with Crippen molar-refractivity contribution in [2.24, 2.45) is 0 Å². The number of nitrogens with zero attached hydrogens (tertiary/aromatic N) is 1. The van der Waals surface area contributed by atoms with Crippen LogP contribution in [0.4, 0.5) is 0 Å². The predicted molar refractivity (Wildman–Crippen MR) is 81.3 cm³/mol. The summed E-state index contributed by atoms with van der Waals surface area (Å²) in [6.45, 7) is 4.07. The van der Waals surface area contributed by atoms with E-state index in [1.165, 1.54) is 10.4 Å². The number of aliphatic hydroxyl groups excluding tert-OH is 1. The summed E-state index contributed by atoms with van der Waals surface area (Å²) in [6.07, 6.45) is -1.04. The monoisotopic (exact) mass is 340 g/mol. The van der Waals surface area contributed by atoms with Gasteiger partial charge in [-0.25, -0.2) is 0 Å². The number of hydrogen-bond acceptors (Lipinski definition) is 3. The highest BCUT2D eigenvalue weighted by Crippen LogP contribution is 2.26. The van der Waals surface area contributed by atoms with Crippen LogP contribution in [0.5, 0.6) is 0 Å². The van der Waals surface area contributed by atoms with Gasteiger partial charge >= 0.3 is 0 Å². The van der Waals surface area contributed by atoms with Crippen molar-refractivity contribution in [2.45, 2.75) is 20.0 Å². The van der Waals surface area contributed by atoms with E-state index in [0.29, 0.717) is 28.7 Å². The predicted octanol–water partition coefficient (Wildman–Crippen LogP) is 2.20. The maximum absolute atomic E-state index is 11.9. The molecule has 0 aliphatic rings. The van der Waals surface area contributed by atoms with E-state index in [-0.39, 0.29) is 6.54 Å². The van der Waals surface area contributed by atoms with Crippen LogP contribution in [-0.4, -0.2) is 37.5 Å². The van der Waals surface area contributed by atoms with Crippen molar-refractivity contribution < 1.29 is 13.5 Å². The number of rotatable bonds is 7. The van der Waals surface area contributed by atoms with Gasteiger partial charge in [0.15, 0.2) is 0 Å². The van der Waals surface area contributed by atoms with E-state index in [9.17, 15) is 13.5 Å². The lowest BCUT2D eigenvalue weighted by molar-refractivity contribution is 0.181. The summed E-state index contributed by atoms with van der Waals surface area (Å²) in [5.74, 6) is 0. The highest BCUT2D eigenvalue weighted by molar-refractivity contribution is 7.87. The lowest BCUT2D eigenvalue weighted by Crippen LogP contribution is -2.42. The zero-order chi connectivity index (χ0) is 15.3. The third kappa shape index (κ3) is 4.58. The van der Waals surface area contributed by atoms with Crippen molar-refractivity contribution in [2.75, 3.05) is 19.6 Å². The molecule has 0 spiro atoms. The molecule has 0 fully saturated rings. The van der Waals surface area contributed by atoms with E-state index in [4.69, 9.17) is 23.2 Å². The summed E-state index contributed by atoms with van der Waals surface area (Å²) in [6, 6.07) is 4.66. The third-order valence-electron chi connectivity index (χ3n) is 2.83. The molecule has 0 aromatic heterocycles. The molecule has 0 amide bonds. The van der Waals surface area contributed by atoms with Crippen LogP contribution < -0.4 is 4.72 Å². The second kappa shape index (κ2) is 7.59. The Morgan fingerprint density at radius 1 is 1.30 bits per heavy atom. The van der Waals surface area contributed by atoms with Gasteiger partial charge in [0, 0.05) is 35.2 Å². The Morgan fingerprint density at radius 3 is 2.40 bits per heavy atom. The number of hydrogen-bond donors (Lipinski definition) is 2. The first kappa shape index (κ1) is 17.7. The molecule has 5 nitrogen and oxygen atoms in total. The minimum atomic E-state index is -3.59. The Morgan fingerprint density at radius 2 is 1.90 bits per heavy atom. The Kier molecular flexibility index (Phi) is 6.71. The van der Waals surface area contributed by atoms with E-state index in [2.05, 4.69) is 4.72 Å². The maximum Gasteiger partial charge on any atom is 0.279 e. The number of nitrogens with one attached hydrogen (secondary N) is 1. The molecule has 1 aromatic carbocycles. The fraction of sp³-hybridized carbons (Fsp3) is 0.500. The minimum absolute atomic E-state index is 0.153. The summed E-state index contributed by atoms with van der Waals surface area (Å²) in [7, 11) is -3.59. The summed E-state index contributed by atoms with van der Waals surface area (Å²) >= 11 is 11.7. The van der Waals surface area contributed by atoms with E-state index in [0.717, 1.165) is 0 Å². The Bertz CT molecular complexity index is 548. The van der Waals surface area contributed by atoms with E-state index < -0.39 is 16.3 Å². The van der Waals surface area contributed by atoms with Crippen LogP contribution in [0.1, 0.15) is 25.5 Å². The van der Waals surface area contributed by atoms with Gasteiger partial charge in [-0.1, -0.05) is 43.1 Å². The SMILES string of the molecule is CCN(CC)S(=O)(=O)NCC(O)c1ccc(Cl)cc1Cl. The number of benzene rings is 1. The average Bonchev–Trinajstić information content (AvgIpc) is 2.37. The first-order valence-corrected chi connectivity index (χ1v) is 8.39. The van der Waals surface area contributed by atoms with Crippen molar-refractivity contribution in [1.29, 1.82) is 0 Å². The second-order valence-electron chi connectivity index (χ2n) is 4.12. The molecule has 1 aromatic rings. The molecule has 0 saturated carbocycles. The summed E-state index contributed by atoms with van der Waals surface area (Å²) in [4.78, 5) is 0. The van der Waals surface area contributed by atoms with Crippen LogP contribution in [0.3, 0.4) is 0 Å². The minimum Gasteiger partial charge on any atom is -0.387 e. The lowest BCUT2D eigenvalue weighted by atomic mass is 10.1. The van der Waals surface area contributed by atoms with Crippen LogP contribution in [0.25, 0.3) is 0 Å². The molecule has 8 heteroatoms. The van der Waals surface area contributed by atoms with Gasteiger partial charge in [-0.2, -0.15) is 17.4 Å². The van der Waals surface area contributed by atoms with Crippen molar-refractivity contribution in [3.05, 3.63) is 33.8 Å². The van der Waals surface area contributed by atoms with Gasteiger partial charge in [0.05, 0.1) is 6.10 Å². The summed E-state index contributed by atoms with van der Waals surface area (Å²) in [5.41, 5.74) is 0.429. The van der Waals surface area contributed by atoms with Crippen LogP contribution in [0.15, 0.2) is 18.2 Å². The molecular weight excluding hydrogens is 323 g/mol. The van der Waals surface area contributed by atoms with E-state index in [1.54, 1.807) is 26.0 Å². The normalized spacial score (nSPS) is 13.7. The van der Waals surface area contributed by atoms with Gasteiger partial charge in [0.25, 0.3) is 10.2 Å². The quantitative estimate of drug-likeness (QED) is 0.799. The van der Waals surface area contributed by atoms with Gasteiger partial charge in [0.1, 0.15) is 0 Å². The fourth-order valence-electron chi connectivity index (χ4n) is 1.72. The zero-order valence-corrected chi connectivity index (χ0v) is 13.6. The molecule has 0 heterocycles. The van der Waals surface area contributed by atoms with E-state index in [1.807, 2.05) is 0 Å². The molecule has 0 radical (unpaired) electrons. The van der Waals surface area contributed by atoms with Gasteiger partial charge in [0.2, 0.25) is 0 Å². The van der Waals surface area contributed by atoms with Gasteiger partial charge in [-0.15, -0.1) is 0 Å². The van der Waals surface area contributed by atoms with Crippen LogP contribution in [0, 0.1) is 0 Å². The fourth-order valence-corrected chi connectivity index (χ4v) is 3.49. The number of halogens is 2. The molecule has 0 saturated heterocycles. The molecule has 1 atom stereocenters. The third-order valence-corrected chi connectivity index (χ3v) is 5.12. The van der Waals surface area contributed by atoms with Crippen molar-refractivity contribution in [1.82, 2.24) is 9.03 Å².